The van der Waals surface area contributed by atoms with Crippen LogP contribution >= 0.6 is 0 Å². The van der Waals surface area contributed by atoms with Gasteiger partial charge in [-0.2, -0.15) is 0 Å². The van der Waals surface area contributed by atoms with Gasteiger partial charge in [0.15, 0.2) is 0 Å². The van der Waals surface area contributed by atoms with Crippen molar-refractivity contribution < 1.29 is 19.5 Å². The third-order valence-electron chi connectivity index (χ3n) is 4.17. The minimum absolute atomic E-state index is 0.133. The average Bonchev–Trinajstić information content (AvgIpc) is 2.80. The van der Waals surface area contributed by atoms with E-state index in [9.17, 15) is 14.4 Å². The summed E-state index contributed by atoms with van der Waals surface area (Å²) < 4.78 is 0. The Bertz CT molecular complexity index is 578. The molecule has 19 heavy (non-hydrogen) atoms. The summed E-state index contributed by atoms with van der Waals surface area (Å²) >= 11 is 0. The second-order valence-corrected chi connectivity index (χ2v) is 5.64. The molecule has 1 aliphatic carbocycles. The minimum atomic E-state index is -1.03. The highest BCUT2D eigenvalue weighted by atomic mass is 16.4. The van der Waals surface area contributed by atoms with Gasteiger partial charge in [0, 0.05) is 0 Å². The van der Waals surface area contributed by atoms with Gasteiger partial charge in [0.05, 0.1) is 23.1 Å². The van der Waals surface area contributed by atoms with Crippen molar-refractivity contribution in [3.05, 3.63) is 29.8 Å². The minimum Gasteiger partial charge on any atom is -0.478 e. The van der Waals surface area contributed by atoms with Gasteiger partial charge in [-0.1, -0.05) is 13.8 Å². The molecule has 1 saturated carbocycles. The van der Waals surface area contributed by atoms with E-state index in [2.05, 4.69) is 0 Å². The Balaban J connectivity index is 1.91. The van der Waals surface area contributed by atoms with Gasteiger partial charge in [-0.15, -0.1) is 0 Å². The summed E-state index contributed by atoms with van der Waals surface area (Å²) in [4.78, 5) is 36.3. The van der Waals surface area contributed by atoms with Crippen molar-refractivity contribution in [2.45, 2.75) is 13.8 Å². The molecule has 1 aromatic carbocycles. The van der Waals surface area contributed by atoms with E-state index in [0.29, 0.717) is 5.69 Å². The van der Waals surface area contributed by atoms with Gasteiger partial charge >= 0.3 is 5.97 Å². The maximum atomic E-state index is 12.2. The van der Waals surface area contributed by atoms with Crippen molar-refractivity contribution in [2.24, 2.45) is 17.3 Å². The number of rotatable bonds is 2. The normalized spacial score (nSPS) is 27.4. The Labute approximate surface area is 109 Å². The quantitative estimate of drug-likeness (QED) is 0.817. The molecule has 0 spiro atoms. The van der Waals surface area contributed by atoms with Crippen LogP contribution in [0.1, 0.15) is 24.2 Å². The van der Waals surface area contributed by atoms with E-state index in [-0.39, 0.29) is 34.6 Å². The van der Waals surface area contributed by atoms with E-state index in [1.807, 2.05) is 13.8 Å². The monoisotopic (exact) mass is 259 g/mol. The largest absolute Gasteiger partial charge is 0.478 e. The number of benzene rings is 1. The first-order valence-corrected chi connectivity index (χ1v) is 6.07. The number of carboxylic acid groups (broad SMARTS) is 1. The maximum absolute atomic E-state index is 12.2. The Morgan fingerprint density at radius 2 is 1.58 bits per heavy atom. The van der Waals surface area contributed by atoms with Crippen LogP contribution in [0, 0.1) is 17.3 Å². The molecule has 3 rings (SSSR count). The standard InChI is InChI=1S/C14H13NO4/c1-14(2)9-10(14)12(17)15(11(9)16)8-5-3-7(4-6-8)13(18)19/h3-6,9-10H,1-2H3,(H,18,19). The molecule has 98 valence electrons. The average molecular weight is 259 g/mol. The number of carbonyl (C=O) groups is 3. The van der Waals surface area contributed by atoms with Crippen molar-refractivity contribution in [1.82, 2.24) is 0 Å². The number of imide groups is 1. The molecule has 1 aliphatic heterocycles. The highest BCUT2D eigenvalue weighted by Crippen LogP contribution is 2.63. The lowest BCUT2D eigenvalue weighted by atomic mass is 10.0. The van der Waals surface area contributed by atoms with E-state index in [0.717, 1.165) is 0 Å². The molecule has 2 fully saturated rings. The summed E-state index contributed by atoms with van der Waals surface area (Å²) in [6.45, 7) is 3.84. The number of aromatic carboxylic acids is 1. The number of piperidine rings is 1. The van der Waals surface area contributed by atoms with Crippen LogP contribution < -0.4 is 4.90 Å². The number of hydrogen-bond donors (Lipinski definition) is 1. The van der Waals surface area contributed by atoms with Gasteiger partial charge in [0.2, 0.25) is 11.8 Å². The Kier molecular flexibility index (Phi) is 2.15. The summed E-state index contributed by atoms with van der Waals surface area (Å²) in [5.74, 6) is -1.83. The molecule has 2 amide bonds. The van der Waals surface area contributed by atoms with E-state index in [4.69, 9.17) is 5.11 Å². The van der Waals surface area contributed by atoms with Crippen LogP contribution in [0.2, 0.25) is 0 Å². The molecular weight excluding hydrogens is 246 g/mol. The van der Waals surface area contributed by atoms with Crippen molar-refractivity contribution in [1.29, 1.82) is 0 Å². The third-order valence-corrected chi connectivity index (χ3v) is 4.17. The molecule has 5 nitrogen and oxygen atoms in total. The van der Waals surface area contributed by atoms with Gasteiger partial charge in [0.1, 0.15) is 0 Å². The van der Waals surface area contributed by atoms with Crippen LogP contribution in [-0.4, -0.2) is 22.9 Å². The fourth-order valence-corrected chi connectivity index (χ4v) is 2.95. The molecule has 0 radical (unpaired) electrons. The van der Waals surface area contributed by atoms with Crippen molar-refractivity contribution >= 4 is 23.5 Å². The Morgan fingerprint density at radius 1 is 1.11 bits per heavy atom. The molecule has 0 aromatic heterocycles. The Morgan fingerprint density at radius 3 is 2.00 bits per heavy atom. The third kappa shape index (κ3) is 1.44. The molecule has 1 N–H and O–H groups in total. The summed E-state index contributed by atoms with van der Waals surface area (Å²) in [5, 5.41) is 8.82. The number of fused-ring (bicyclic) bond motifs is 1. The number of nitrogens with zero attached hydrogens (tertiary/aromatic N) is 1. The molecule has 1 saturated heterocycles. The van der Waals surface area contributed by atoms with Crippen molar-refractivity contribution in [3.63, 3.8) is 0 Å². The van der Waals surface area contributed by atoms with Crippen LogP contribution in [0.5, 0.6) is 0 Å². The van der Waals surface area contributed by atoms with Crippen LogP contribution in [0.3, 0.4) is 0 Å². The zero-order valence-corrected chi connectivity index (χ0v) is 10.6. The lowest BCUT2D eigenvalue weighted by Gasteiger charge is -2.20. The van der Waals surface area contributed by atoms with E-state index in [1.54, 1.807) is 0 Å². The SMILES string of the molecule is CC1(C)C2C(=O)N(c3ccc(C(=O)O)cc3)C(=O)C21. The zero-order chi connectivity index (χ0) is 13.9. The first-order valence-electron chi connectivity index (χ1n) is 6.07. The van der Waals surface area contributed by atoms with Crippen LogP contribution in [0.4, 0.5) is 5.69 Å². The smallest absolute Gasteiger partial charge is 0.335 e. The summed E-state index contributed by atoms with van der Waals surface area (Å²) in [6, 6.07) is 5.79. The number of anilines is 1. The van der Waals surface area contributed by atoms with Gasteiger partial charge in [0.25, 0.3) is 0 Å². The zero-order valence-electron chi connectivity index (χ0n) is 10.6. The van der Waals surface area contributed by atoms with Gasteiger partial charge < -0.3 is 5.11 Å². The summed E-state index contributed by atoms with van der Waals surface area (Å²) in [7, 11) is 0. The highest BCUT2D eigenvalue weighted by Gasteiger charge is 2.72. The predicted molar refractivity (Wildman–Crippen MR) is 66.7 cm³/mol. The molecule has 1 aromatic rings. The summed E-state index contributed by atoms with van der Waals surface area (Å²) in [6.07, 6.45) is 0. The van der Waals surface area contributed by atoms with Crippen LogP contribution in [-0.2, 0) is 9.59 Å². The van der Waals surface area contributed by atoms with E-state index < -0.39 is 5.97 Å². The maximum Gasteiger partial charge on any atom is 0.335 e. The number of carboxylic acids is 1. The Hall–Kier alpha value is -2.17. The first-order chi connectivity index (χ1) is 8.85. The lowest BCUT2D eigenvalue weighted by molar-refractivity contribution is -0.125. The predicted octanol–water partition coefficient (Wildman–Crippen LogP) is 1.53. The summed E-state index contributed by atoms with van der Waals surface area (Å²) in [5.41, 5.74) is 0.349. The molecule has 2 unspecified atom stereocenters. The lowest BCUT2D eigenvalue weighted by Crippen LogP contribution is -2.36. The van der Waals surface area contributed by atoms with Gasteiger partial charge in [-0.25, -0.2) is 4.79 Å². The topological polar surface area (TPSA) is 74.7 Å². The molecule has 2 atom stereocenters. The van der Waals surface area contributed by atoms with E-state index in [1.165, 1.54) is 29.2 Å². The fourth-order valence-electron chi connectivity index (χ4n) is 2.95. The second-order valence-electron chi connectivity index (χ2n) is 5.64. The van der Waals surface area contributed by atoms with E-state index >= 15 is 0 Å². The van der Waals surface area contributed by atoms with Gasteiger partial charge in [-0.3, -0.25) is 14.5 Å². The molecular formula is C14H13NO4. The van der Waals surface area contributed by atoms with Crippen molar-refractivity contribution in [3.8, 4) is 0 Å². The van der Waals surface area contributed by atoms with Gasteiger partial charge in [-0.05, 0) is 29.7 Å². The molecule has 1 heterocycles. The highest BCUT2D eigenvalue weighted by molar-refractivity contribution is 6.25. The first kappa shape index (κ1) is 11.9. The molecule has 0 bridgehead atoms. The number of hydrogen-bond acceptors (Lipinski definition) is 3. The number of amides is 2. The van der Waals surface area contributed by atoms with Crippen LogP contribution in [0.15, 0.2) is 24.3 Å². The molecule has 2 aliphatic rings. The molecule has 5 heteroatoms. The fraction of sp³-hybridized carbons (Fsp3) is 0.357. The second kappa shape index (κ2) is 3.44. The van der Waals surface area contributed by atoms with Crippen LogP contribution in [0.25, 0.3) is 0 Å². The number of carbonyl (C=O) groups excluding carboxylic acids is 2. The van der Waals surface area contributed by atoms with Crippen molar-refractivity contribution in [2.75, 3.05) is 4.90 Å².